The summed E-state index contributed by atoms with van der Waals surface area (Å²) in [6, 6.07) is 12.0. The molecule has 0 saturated carbocycles. The number of carbonyl (C=O) groups excluding carboxylic acids is 1. The minimum Gasteiger partial charge on any atom is -0.424 e. The predicted octanol–water partition coefficient (Wildman–Crippen LogP) is 3.43. The maximum absolute atomic E-state index is 12.9. The van der Waals surface area contributed by atoms with Crippen molar-refractivity contribution in [1.29, 1.82) is 0 Å². The third-order valence-corrected chi connectivity index (χ3v) is 4.16. The molecule has 2 aromatic carbocycles. The lowest BCUT2D eigenvalue weighted by atomic mass is 10.0. The number of carbonyl (C=O) groups is 1. The van der Waals surface area contributed by atoms with Gasteiger partial charge in [-0.3, -0.25) is 4.79 Å². The Morgan fingerprint density at radius 2 is 1.96 bits per heavy atom. The third kappa shape index (κ3) is 4.35. The van der Waals surface area contributed by atoms with Crippen molar-refractivity contribution in [2.75, 3.05) is 5.73 Å². The molecule has 1 atom stereocenters. The molecule has 1 unspecified atom stereocenters. The van der Waals surface area contributed by atoms with Gasteiger partial charge in [0, 0.05) is 12.5 Å². The summed E-state index contributed by atoms with van der Waals surface area (Å²) in [4.78, 5) is 16.3. The number of benzene rings is 2. The van der Waals surface area contributed by atoms with Crippen LogP contribution in [0.5, 0.6) is 0 Å². The summed E-state index contributed by atoms with van der Waals surface area (Å²) in [7, 11) is 0. The van der Waals surface area contributed by atoms with Gasteiger partial charge < -0.3 is 15.5 Å². The number of aryl methyl sites for hydroxylation is 1. The van der Waals surface area contributed by atoms with Crippen LogP contribution in [0.1, 0.15) is 24.5 Å². The third-order valence-electron chi connectivity index (χ3n) is 4.16. The van der Waals surface area contributed by atoms with E-state index in [1.807, 2.05) is 19.1 Å². The highest BCUT2D eigenvalue weighted by Gasteiger charge is 2.13. The van der Waals surface area contributed by atoms with Crippen molar-refractivity contribution in [3.63, 3.8) is 0 Å². The van der Waals surface area contributed by atoms with Gasteiger partial charge >= 0.3 is 0 Å². The van der Waals surface area contributed by atoms with Crippen LogP contribution in [0.2, 0.25) is 0 Å². The van der Waals surface area contributed by atoms with Crippen molar-refractivity contribution in [2.24, 2.45) is 5.92 Å². The Morgan fingerprint density at radius 3 is 2.72 bits per heavy atom. The summed E-state index contributed by atoms with van der Waals surface area (Å²) in [6.45, 7) is 2.31. The van der Waals surface area contributed by atoms with Crippen LogP contribution in [0.25, 0.3) is 11.1 Å². The van der Waals surface area contributed by atoms with E-state index in [9.17, 15) is 9.18 Å². The molecular formula is C19H20FN3O2. The highest BCUT2D eigenvalue weighted by molar-refractivity contribution is 5.79. The molecule has 1 heterocycles. The fraction of sp³-hybridized carbons (Fsp3) is 0.263. The number of anilines is 1. The molecule has 3 rings (SSSR count). The molecule has 1 amide bonds. The van der Waals surface area contributed by atoms with Gasteiger partial charge in [0.25, 0.3) is 6.01 Å². The summed E-state index contributed by atoms with van der Waals surface area (Å²) < 4.78 is 18.1. The molecule has 130 valence electrons. The lowest BCUT2D eigenvalue weighted by Crippen LogP contribution is -2.29. The zero-order valence-corrected chi connectivity index (χ0v) is 14.0. The number of aromatic nitrogens is 1. The van der Waals surface area contributed by atoms with E-state index in [0.29, 0.717) is 24.1 Å². The highest BCUT2D eigenvalue weighted by atomic mass is 19.1. The van der Waals surface area contributed by atoms with Gasteiger partial charge in [-0.05, 0) is 48.2 Å². The number of amides is 1. The summed E-state index contributed by atoms with van der Waals surface area (Å²) in [5.74, 6) is -0.390. The Hall–Kier alpha value is -2.89. The van der Waals surface area contributed by atoms with Gasteiger partial charge in [0.15, 0.2) is 5.58 Å². The zero-order valence-electron chi connectivity index (χ0n) is 14.0. The Balaban J connectivity index is 1.51. The van der Waals surface area contributed by atoms with E-state index in [2.05, 4.69) is 10.3 Å². The minimum atomic E-state index is -0.250. The smallest absolute Gasteiger partial charge is 0.292 e. The predicted molar refractivity (Wildman–Crippen MR) is 94.2 cm³/mol. The maximum Gasteiger partial charge on any atom is 0.292 e. The summed E-state index contributed by atoms with van der Waals surface area (Å²) in [5.41, 5.74) is 8.78. The van der Waals surface area contributed by atoms with Crippen LogP contribution in [0.4, 0.5) is 10.4 Å². The first-order valence-corrected chi connectivity index (χ1v) is 8.18. The molecule has 0 saturated heterocycles. The fourth-order valence-electron chi connectivity index (χ4n) is 2.63. The van der Waals surface area contributed by atoms with Crippen LogP contribution in [0, 0.1) is 11.7 Å². The topological polar surface area (TPSA) is 81.2 Å². The van der Waals surface area contributed by atoms with E-state index in [1.54, 1.807) is 18.2 Å². The van der Waals surface area contributed by atoms with Crippen molar-refractivity contribution in [2.45, 2.75) is 26.3 Å². The molecule has 0 aliphatic rings. The Bertz CT molecular complexity index is 874. The van der Waals surface area contributed by atoms with Gasteiger partial charge in [-0.25, -0.2) is 4.39 Å². The fourth-order valence-corrected chi connectivity index (χ4v) is 2.63. The van der Waals surface area contributed by atoms with Crippen molar-refractivity contribution < 1.29 is 13.6 Å². The number of oxazole rings is 1. The van der Waals surface area contributed by atoms with Crippen LogP contribution < -0.4 is 11.1 Å². The monoisotopic (exact) mass is 341 g/mol. The van der Waals surface area contributed by atoms with E-state index in [1.165, 1.54) is 12.1 Å². The average molecular weight is 341 g/mol. The molecule has 6 heteroatoms. The van der Waals surface area contributed by atoms with Gasteiger partial charge in [0.1, 0.15) is 11.3 Å². The molecule has 0 bridgehead atoms. The Morgan fingerprint density at radius 1 is 1.24 bits per heavy atom. The van der Waals surface area contributed by atoms with Gasteiger partial charge in [-0.2, -0.15) is 4.98 Å². The van der Waals surface area contributed by atoms with Gasteiger partial charge in [-0.15, -0.1) is 0 Å². The normalized spacial score (nSPS) is 12.2. The molecule has 25 heavy (non-hydrogen) atoms. The Kier molecular flexibility index (Phi) is 4.97. The first kappa shape index (κ1) is 17.0. The maximum atomic E-state index is 12.9. The first-order chi connectivity index (χ1) is 12.0. The zero-order chi connectivity index (χ0) is 17.8. The largest absolute Gasteiger partial charge is 0.424 e. The molecule has 0 aliphatic carbocycles. The quantitative estimate of drug-likeness (QED) is 0.720. The second-order valence-electron chi connectivity index (χ2n) is 6.14. The van der Waals surface area contributed by atoms with Crippen molar-refractivity contribution >= 4 is 23.0 Å². The van der Waals surface area contributed by atoms with Gasteiger partial charge in [-0.1, -0.05) is 25.1 Å². The number of halogens is 1. The average Bonchev–Trinajstić information content (AvgIpc) is 2.98. The number of hydrogen-bond donors (Lipinski definition) is 2. The van der Waals surface area contributed by atoms with Crippen molar-refractivity contribution in [3.05, 3.63) is 59.4 Å². The number of hydrogen-bond acceptors (Lipinski definition) is 4. The molecule has 0 fully saturated rings. The Labute approximate surface area is 145 Å². The van der Waals surface area contributed by atoms with Gasteiger partial charge in [0.2, 0.25) is 5.91 Å². The lowest BCUT2D eigenvalue weighted by Gasteiger charge is -2.12. The van der Waals surface area contributed by atoms with Crippen LogP contribution in [0.3, 0.4) is 0 Å². The SMILES string of the molecule is CC(CCc1ccc(F)cc1)C(=O)NCc1ccc2oc(N)nc2c1. The molecule has 5 nitrogen and oxygen atoms in total. The van der Waals surface area contributed by atoms with E-state index in [-0.39, 0.29) is 23.7 Å². The van der Waals surface area contributed by atoms with Crippen molar-refractivity contribution in [1.82, 2.24) is 10.3 Å². The molecule has 3 N–H and O–H groups in total. The number of nitrogens with zero attached hydrogens (tertiary/aromatic N) is 1. The molecule has 0 radical (unpaired) electrons. The molecular weight excluding hydrogens is 321 g/mol. The second-order valence-corrected chi connectivity index (χ2v) is 6.14. The van der Waals surface area contributed by atoms with Crippen LogP contribution in [-0.4, -0.2) is 10.9 Å². The number of fused-ring (bicyclic) bond motifs is 1. The van der Waals surface area contributed by atoms with Gasteiger partial charge in [0.05, 0.1) is 0 Å². The molecule has 0 spiro atoms. The summed E-state index contributed by atoms with van der Waals surface area (Å²) in [5, 5.41) is 2.93. The second kappa shape index (κ2) is 7.34. The molecule has 3 aromatic rings. The number of nitrogens with one attached hydrogen (secondary N) is 1. The van der Waals surface area contributed by atoms with E-state index in [0.717, 1.165) is 17.5 Å². The number of nitrogen functional groups attached to an aromatic ring is 1. The minimum absolute atomic E-state index is 0.0122. The van der Waals surface area contributed by atoms with E-state index in [4.69, 9.17) is 10.2 Å². The standard InChI is InChI=1S/C19H20FN3O2/c1-12(2-3-13-4-7-15(20)8-5-13)18(24)22-11-14-6-9-17-16(10-14)23-19(21)25-17/h4-10,12H,2-3,11H2,1H3,(H2,21,23)(H,22,24). The highest BCUT2D eigenvalue weighted by Crippen LogP contribution is 2.18. The van der Waals surface area contributed by atoms with Crippen molar-refractivity contribution in [3.8, 4) is 0 Å². The molecule has 0 aliphatic heterocycles. The molecule has 1 aromatic heterocycles. The number of nitrogens with two attached hydrogens (primary N) is 1. The van der Waals surface area contributed by atoms with Crippen LogP contribution in [-0.2, 0) is 17.8 Å². The van der Waals surface area contributed by atoms with E-state index < -0.39 is 0 Å². The summed E-state index contributed by atoms with van der Waals surface area (Å²) in [6.07, 6.45) is 1.44. The number of rotatable bonds is 6. The van der Waals surface area contributed by atoms with Crippen LogP contribution in [0.15, 0.2) is 46.9 Å². The summed E-state index contributed by atoms with van der Waals surface area (Å²) >= 11 is 0. The van der Waals surface area contributed by atoms with E-state index >= 15 is 0 Å². The first-order valence-electron chi connectivity index (χ1n) is 8.18. The van der Waals surface area contributed by atoms with Crippen LogP contribution >= 0.6 is 0 Å². The lowest BCUT2D eigenvalue weighted by molar-refractivity contribution is -0.124.